The van der Waals surface area contributed by atoms with Crippen molar-refractivity contribution in [3.63, 3.8) is 0 Å². The molecular formula is C26H31ClFN3O5. The Morgan fingerprint density at radius 1 is 1.06 bits per heavy atom. The monoisotopic (exact) mass is 519 g/mol. The lowest BCUT2D eigenvalue weighted by molar-refractivity contribution is -0.141. The second-order valence-corrected chi connectivity index (χ2v) is 9.20. The highest BCUT2D eigenvalue weighted by Crippen LogP contribution is 2.17. The lowest BCUT2D eigenvalue weighted by Gasteiger charge is -2.36. The molecule has 2 aromatic rings. The Labute approximate surface area is 215 Å². The van der Waals surface area contributed by atoms with Gasteiger partial charge in [0, 0.05) is 50.8 Å². The van der Waals surface area contributed by atoms with Crippen LogP contribution in [0.3, 0.4) is 0 Å². The van der Waals surface area contributed by atoms with Gasteiger partial charge in [0.25, 0.3) is 11.8 Å². The highest BCUT2D eigenvalue weighted by molar-refractivity contribution is 6.30. The van der Waals surface area contributed by atoms with Crippen molar-refractivity contribution in [1.82, 2.24) is 14.7 Å². The molecule has 2 aromatic carbocycles. The van der Waals surface area contributed by atoms with E-state index in [1.54, 1.807) is 46.2 Å². The molecule has 0 aromatic heterocycles. The first-order valence-corrected chi connectivity index (χ1v) is 12.5. The van der Waals surface area contributed by atoms with Crippen LogP contribution in [-0.2, 0) is 14.3 Å². The Balaban J connectivity index is 1.37. The normalized spacial score (nSPS) is 18.6. The highest BCUT2D eigenvalue weighted by atomic mass is 35.5. The number of carbonyl (C=O) groups is 2. The zero-order chi connectivity index (χ0) is 25.3. The van der Waals surface area contributed by atoms with Crippen molar-refractivity contribution in [1.29, 1.82) is 0 Å². The van der Waals surface area contributed by atoms with Gasteiger partial charge >= 0.3 is 0 Å². The van der Waals surface area contributed by atoms with Crippen molar-refractivity contribution in [2.75, 3.05) is 72.2 Å². The fourth-order valence-corrected chi connectivity index (χ4v) is 4.36. The van der Waals surface area contributed by atoms with Crippen molar-refractivity contribution < 1.29 is 28.2 Å². The number of hydrogen-bond acceptors (Lipinski definition) is 6. The van der Waals surface area contributed by atoms with Crippen molar-refractivity contribution in [2.45, 2.75) is 6.10 Å². The summed E-state index contributed by atoms with van der Waals surface area (Å²) in [7, 11) is 0. The molecule has 2 fully saturated rings. The molecule has 1 unspecified atom stereocenters. The molecule has 0 aliphatic carbocycles. The SMILES string of the molecule is O=C(COc1ccc(Cl)cc1)N1CCOC(CN(CCN2CCOCC2)C(=O)c2ccccc2F)C1. The fraction of sp³-hybridized carbons (Fsp3) is 0.462. The van der Waals surface area contributed by atoms with E-state index in [9.17, 15) is 14.0 Å². The first-order chi connectivity index (χ1) is 17.5. The number of benzene rings is 2. The first kappa shape index (κ1) is 26.3. The summed E-state index contributed by atoms with van der Waals surface area (Å²) < 4.78 is 31.3. The first-order valence-electron chi connectivity index (χ1n) is 12.1. The Morgan fingerprint density at radius 2 is 1.81 bits per heavy atom. The lowest BCUT2D eigenvalue weighted by Crippen LogP contribution is -2.52. The summed E-state index contributed by atoms with van der Waals surface area (Å²) in [5, 5.41) is 0.591. The Bertz CT molecular complexity index is 1020. The van der Waals surface area contributed by atoms with Crippen LogP contribution in [0.2, 0.25) is 5.02 Å². The van der Waals surface area contributed by atoms with Gasteiger partial charge in [-0.1, -0.05) is 23.7 Å². The lowest BCUT2D eigenvalue weighted by atomic mass is 10.1. The Hall–Kier alpha value is -2.72. The van der Waals surface area contributed by atoms with Gasteiger partial charge in [-0.2, -0.15) is 0 Å². The smallest absolute Gasteiger partial charge is 0.260 e. The van der Waals surface area contributed by atoms with E-state index in [0.29, 0.717) is 56.8 Å². The molecule has 2 amide bonds. The van der Waals surface area contributed by atoms with E-state index in [-0.39, 0.29) is 30.5 Å². The van der Waals surface area contributed by atoms with Gasteiger partial charge in [0.15, 0.2) is 6.61 Å². The Morgan fingerprint density at radius 3 is 2.56 bits per heavy atom. The third kappa shape index (κ3) is 7.39. The Kier molecular flexibility index (Phi) is 9.52. The van der Waals surface area contributed by atoms with Crippen LogP contribution >= 0.6 is 11.6 Å². The summed E-state index contributed by atoms with van der Waals surface area (Å²) in [6.45, 7) is 5.20. The topological polar surface area (TPSA) is 71.6 Å². The number of amides is 2. The zero-order valence-corrected chi connectivity index (χ0v) is 20.9. The molecule has 2 saturated heterocycles. The predicted molar refractivity (Wildman–Crippen MR) is 133 cm³/mol. The molecule has 2 aliphatic heterocycles. The standard InChI is InChI=1S/C26H31ClFN3O5/c27-20-5-7-21(8-6-20)36-19-25(32)30-13-16-35-22(17-30)18-31(10-9-29-11-14-34-15-12-29)26(33)23-3-1-2-4-24(23)28/h1-8,22H,9-19H2. The van der Waals surface area contributed by atoms with E-state index in [2.05, 4.69) is 4.90 Å². The predicted octanol–water partition coefficient (Wildman–Crippen LogP) is 2.56. The molecule has 2 heterocycles. The summed E-state index contributed by atoms with van der Waals surface area (Å²) in [6.07, 6.45) is -0.390. The fourth-order valence-electron chi connectivity index (χ4n) is 4.24. The minimum atomic E-state index is -0.556. The molecule has 4 rings (SSSR count). The van der Waals surface area contributed by atoms with Crippen LogP contribution in [0.4, 0.5) is 4.39 Å². The minimum Gasteiger partial charge on any atom is -0.484 e. The van der Waals surface area contributed by atoms with Gasteiger partial charge in [-0.25, -0.2) is 4.39 Å². The molecule has 10 heteroatoms. The third-order valence-electron chi connectivity index (χ3n) is 6.27. The summed E-state index contributed by atoms with van der Waals surface area (Å²) in [6, 6.07) is 12.8. The number of halogens is 2. The van der Waals surface area contributed by atoms with E-state index in [0.717, 1.165) is 13.1 Å². The van der Waals surface area contributed by atoms with Crippen LogP contribution < -0.4 is 4.74 Å². The second kappa shape index (κ2) is 13.0. The average molecular weight is 520 g/mol. The van der Waals surface area contributed by atoms with Gasteiger partial charge in [-0.3, -0.25) is 14.5 Å². The van der Waals surface area contributed by atoms with Gasteiger partial charge in [0.2, 0.25) is 0 Å². The maximum atomic E-state index is 14.4. The zero-order valence-electron chi connectivity index (χ0n) is 20.1. The van der Waals surface area contributed by atoms with Gasteiger partial charge in [0.1, 0.15) is 11.6 Å². The minimum absolute atomic E-state index is 0.0274. The molecule has 36 heavy (non-hydrogen) atoms. The molecule has 1 atom stereocenters. The van der Waals surface area contributed by atoms with Crippen molar-refractivity contribution in [3.8, 4) is 5.75 Å². The maximum Gasteiger partial charge on any atom is 0.260 e. The maximum absolute atomic E-state index is 14.4. The number of nitrogens with zero attached hydrogens (tertiary/aromatic N) is 3. The van der Waals surface area contributed by atoms with Crippen LogP contribution in [-0.4, -0.2) is 105 Å². The highest BCUT2D eigenvalue weighted by Gasteiger charge is 2.29. The summed E-state index contributed by atoms with van der Waals surface area (Å²) in [5.74, 6) is -0.556. The summed E-state index contributed by atoms with van der Waals surface area (Å²) >= 11 is 5.89. The third-order valence-corrected chi connectivity index (χ3v) is 6.52. The molecule has 0 bridgehead atoms. The van der Waals surface area contributed by atoms with E-state index >= 15 is 0 Å². The van der Waals surface area contributed by atoms with Gasteiger partial charge in [-0.05, 0) is 36.4 Å². The molecule has 2 aliphatic rings. The molecule has 194 valence electrons. The second-order valence-electron chi connectivity index (χ2n) is 8.76. The average Bonchev–Trinajstić information content (AvgIpc) is 2.91. The van der Waals surface area contributed by atoms with Crippen LogP contribution in [0.15, 0.2) is 48.5 Å². The molecule has 0 N–H and O–H groups in total. The number of morpholine rings is 2. The molecule has 0 saturated carbocycles. The van der Waals surface area contributed by atoms with Gasteiger partial charge in [-0.15, -0.1) is 0 Å². The van der Waals surface area contributed by atoms with E-state index in [1.165, 1.54) is 12.1 Å². The summed E-state index contributed by atoms with van der Waals surface area (Å²) in [4.78, 5) is 31.6. The van der Waals surface area contributed by atoms with Crippen LogP contribution in [0, 0.1) is 5.82 Å². The number of rotatable bonds is 9. The van der Waals surface area contributed by atoms with Crippen LogP contribution in [0.25, 0.3) is 0 Å². The molecule has 0 spiro atoms. The van der Waals surface area contributed by atoms with E-state index < -0.39 is 11.9 Å². The number of hydrogen-bond donors (Lipinski definition) is 0. The largest absolute Gasteiger partial charge is 0.484 e. The van der Waals surface area contributed by atoms with E-state index in [1.807, 2.05) is 0 Å². The number of ether oxygens (including phenoxy) is 3. The van der Waals surface area contributed by atoms with Crippen molar-refractivity contribution >= 4 is 23.4 Å². The van der Waals surface area contributed by atoms with Crippen LogP contribution in [0.5, 0.6) is 5.75 Å². The van der Waals surface area contributed by atoms with Gasteiger partial charge in [0.05, 0.1) is 31.5 Å². The van der Waals surface area contributed by atoms with Crippen molar-refractivity contribution in [2.24, 2.45) is 0 Å². The molecule has 8 nitrogen and oxygen atoms in total. The summed E-state index contributed by atoms with van der Waals surface area (Å²) in [5.41, 5.74) is 0.0274. The van der Waals surface area contributed by atoms with Crippen molar-refractivity contribution in [3.05, 3.63) is 64.9 Å². The molecule has 0 radical (unpaired) electrons. The molecular weight excluding hydrogens is 489 g/mol. The van der Waals surface area contributed by atoms with Gasteiger partial charge < -0.3 is 24.0 Å². The quantitative estimate of drug-likeness (QED) is 0.507. The van der Waals surface area contributed by atoms with E-state index in [4.69, 9.17) is 25.8 Å². The van der Waals surface area contributed by atoms with Crippen LogP contribution in [0.1, 0.15) is 10.4 Å². The number of carbonyl (C=O) groups excluding carboxylic acids is 2.